The van der Waals surface area contributed by atoms with Crippen molar-refractivity contribution in [1.29, 1.82) is 0 Å². The van der Waals surface area contributed by atoms with Crippen molar-refractivity contribution in [2.24, 2.45) is 5.73 Å². The molecule has 0 aliphatic carbocycles. The maximum atomic E-state index is 12.2. The van der Waals surface area contributed by atoms with E-state index in [0.717, 1.165) is 41.7 Å². The van der Waals surface area contributed by atoms with Gasteiger partial charge in [0.25, 0.3) is 5.91 Å². The van der Waals surface area contributed by atoms with E-state index in [-0.39, 0.29) is 11.4 Å². The summed E-state index contributed by atoms with van der Waals surface area (Å²) >= 11 is 0. The molecule has 0 atom stereocenters. The summed E-state index contributed by atoms with van der Waals surface area (Å²) in [6, 6.07) is 11.3. The van der Waals surface area contributed by atoms with Crippen LogP contribution in [-0.2, 0) is 0 Å². The monoisotopic (exact) mass is 457 g/mol. The van der Waals surface area contributed by atoms with Crippen LogP contribution >= 0.6 is 0 Å². The zero-order chi connectivity index (χ0) is 23.7. The van der Waals surface area contributed by atoms with Crippen LogP contribution in [0.1, 0.15) is 28.9 Å². The van der Waals surface area contributed by atoms with E-state index in [1.807, 2.05) is 43.3 Å². The zero-order valence-corrected chi connectivity index (χ0v) is 19.0. The van der Waals surface area contributed by atoms with Crippen LogP contribution in [0.5, 0.6) is 5.88 Å². The molecule has 1 aromatic carbocycles. The van der Waals surface area contributed by atoms with Crippen molar-refractivity contribution in [2.75, 3.05) is 32.0 Å². The van der Waals surface area contributed by atoms with Crippen LogP contribution in [0.3, 0.4) is 0 Å². The van der Waals surface area contributed by atoms with Crippen LogP contribution < -0.4 is 16.2 Å². The van der Waals surface area contributed by atoms with Gasteiger partial charge in [-0.2, -0.15) is 5.10 Å². The highest BCUT2D eigenvalue weighted by atomic mass is 16.5. The van der Waals surface area contributed by atoms with Gasteiger partial charge in [-0.15, -0.1) is 0 Å². The smallest absolute Gasteiger partial charge is 0.269 e. The Morgan fingerprint density at radius 3 is 2.76 bits per heavy atom. The van der Waals surface area contributed by atoms with Crippen molar-refractivity contribution in [3.8, 4) is 28.4 Å². The highest BCUT2D eigenvalue weighted by Crippen LogP contribution is 2.37. The van der Waals surface area contributed by atoms with E-state index in [1.165, 1.54) is 12.8 Å². The number of benzene rings is 1. The number of rotatable bonds is 7. The normalized spacial score (nSPS) is 14.0. The summed E-state index contributed by atoms with van der Waals surface area (Å²) in [5.74, 6) is -0.193. The molecular weight excluding hydrogens is 430 g/mol. The van der Waals surface area contributed by atoms with Gasteiger partial charge in [-0.25, -0.2) is 9.97 Å². The molecule has 1 saturated heterocycles. The van der Waals surface area contributed by atoms with Gasteiger partial charge < -0.3 is 16.2 Å². The van der Waals surface area contributed by atoms with Gasteiger partial charge in [-0.05, 0) is 62.2 Å². The molecule has 0 spiro atoms. The van der Waals surface area contributed by atoms with Gasteiger partial charge in [-0.1, -0.05) is 12.1 Å². The molecule has 1 fully saturated rings. The summed E-state index contributed by atoms with van der Waals surface area (Å²) in [7, 11) is 0. The molecule has 174 valence electrons. The van der Waals surface area contributed by atoms with Gasteiger partial charge in [0.05, 0.1) is 28.8 Å². The molecule has 5 rings (SSSR count). The van der Waals surface area contributed by atoms with E-state index >= 15 is 0 Å². The van der Waals surface area contributed by atoms with Crippen LogP contribution in [0.4, 0.5) is 5.69 Å². The standard InChI is InChI=1S/C25H27N7O2/c1-15-7-8-18-17(14-28-31-18)22(15)16-13-20(30-24(23(16)26)25(27)33)19-5-4-6-21(29-19)34-12-11-32-9-2-3-10-32/h4-8,13-14H,2-3,9-12,26H2,1H3,(H2,27,33)(H,28,31). The van der Waals surface area contributed by atoms with E-state index in [4.69, 9.17) is 16.2 Å². The molecular formula is C25H27N7O2. The zero-order valence-electron chi connectivity index (χ0n) is 19.0. The highest BCUT2D eigenvalue weighted by Gasteiger charge is 2.20. The number of fused-ring (bicyclic) bond motifs is 1. The lowest BCUT2D eigenvalue weighted by molar-refractivity contribution is 0.0996. The van der Waals surface area contributed by atoms with Gasteiger partial charge in [0, 0.05) is 23.6 Å². The number of amides is 1. The number of aromatic nitrogens is 4. The molecule has 34 heavy (non-hydrogen) atoms. The maximum absolute atomic E-state index is 12.2. The second kappa shape index (κ2) is 9.11. The van der Waals surface area contributed by atoms with Crippen LogP contribution in [-0.4, -0.2) is 57.2 Å². The van der Waals surface area contributed by atoms with E-state index in [0.29, 0.717) is 29.4 Å². The Labute approximate surface area is 197 Å². The number of ether oxygens (including phenoxy) is 1. The number of nitrogens with two attached hydrogens (primary N) is 2. The lowest BCUT2D eigenvalue weighted by atomic mass is 9.94. The van der Waals surface area contributed by atoms with Gasteiger partial charge >= 0.3 is 0 Å². The lowest BCUT2D eigenvalue weighted by Crippen LogP contribution is -2.25. The van der Waals surface area contributed by atoms with Crippen molar-refractivity contribution in [3.05, 3.63) is 53.9 Å². The number of nitrogens with zero attached hydrogens (tertiary/aromatic N) is 4. The molecule has 0 unspecified atom stereocenters. The molecule has 0 saturated carbocycles. The molecule has 4 heterocycles. The minimum absolute atomic E-state index is 0.00885. The fourth-order valence-electron chi connectivity index (χ4n) is 4.49. The molecule has 0 bridgehead atoms. The maximum Gasteiger partial charge on any atom is 0.269 e. The number of H-pyrrole nitrogens is 1. The minimum atomic E-state index is -0.698. The average molecular weight is 458 g/mol. The summed E-state index contributed by atoms with van der Waals surface area (Å²) in [6.45, 7) is 5.65. The Morgan fingerprint density at radius 1 is 1.15 bits per heavy atom. The first-order chi connectivity index (χ1) is 16.5. The number of pyridine rings is 2. The number of aromatic amines is 1. The third kappa shape index (κ3) is 4.17. The quantitative estimate of drug-likeness (QED) is 0.388. The van der Waals surface area contributed by atoms with Crippen LogP contribution in [0.2, 0.25) is 0 Å². The van der Waals surface area contributed by atoms with E-state index in [9.17, 15) is 4.79 Å². The first-order valence-corrected chi connectivity index (χ1v) is 11.4. The minimum Gasteiger partial charge on any atom is -0.476 e. The number of carbonyl (C=O) groups is 1. The molecule has 3 aromatic heterocycles. The predicted molar refractivity (Wildman–Crippen MR) is 131 cm³/mol. The number of nitrogen functional groups attached to an aromatic ring is 1. The third-order valence-corrected chi connectivity index (χ3v) is 6.24. The summed E-state index contributed by atoms with van der Waals surface area (Å²) < 4.78 is 5.90. The fraction of sp³-hybridized carbons (Fsp3) is 0.280. The number of anilines is 1. The number of nitrogens with one attached hydrogen (secondary N) is 1. The molecule has 4 aromatic rings. The van der Waals surface area contributed by atoms with E-state index in [1.54, 1.807) is 6.20 Å². The Hall–Kier alpha value is -3.98. The lowest BCUT2D eigenvalue weighted by Gasteiger charge is -2.16. The SMILES string of the molecule is Cc1ccc2[nH]ncc2c1-c1cc(-c2cccc(OCCN3CCCC3)n2)nc(C(N)=O)c1N. The van der Waals surface area contributed by atoms with Gasteiger partial charge in [0.1, 0.15) is 6.61 Å². The number of carbonyl (C=O) groups excluding carboxylic acids is 1. The molecule has 0 radical (unpaired) electrons. The molecule has 9 nitrogen and oxygen atoms in total. The number of hydrogen-bond donors (Lipinski definition) is 3. The van der Waals surface area contributed by atoms with Crippen LogP contribution in [0.25, 0.3) is 33.4 Å². The predicted octanol–water partition coefficient (Wildman–Crippen LogP) is 3.15. The molecule has 9 heteroatoms. The highest BCUT2D eigenvalue weighted by molar-refractivity contribution is 6.05. The van der Waals surface area contributed by atoms with Crippen LogP contribution in [0, 0.1) is 6.92 Å². The Bertz CT molecular complexity index is 1360. The second-order valence-electron chi connectivity index (χ2n) is 8.53. The summed E-state index contributed by atoms with van der Waals surface area (Å²) in [6.07, 6.45) is 4.23. The van der Waals surface area contributed by atoms with Crippen molar-refractivity contribution >= 4 is 22.5 Å². The van der Waals surface area contributed by atoms with E-state index < -0.39 is 5.91 Å². The van der Waals surface area contributed by atoms with Crippen molar-refractivity contribution in [1.82, 2.24) is 25.1 Å². The average Bonchev–Trinajstić information content (AvgIpc) is 3.52. The van der Waals surface area contributed by atoms with Crippen molar-refractivity contribution < 1.29 is 9.53 Å². The summed E-state index contributed by atoms with van der Waals surface area (Å²) in [5.41, 5.74) is 16.7. The number of aryl methyl sites for hydroxylation is 1. The summed E-state index contributed by atoms with van der Waals surface area (Å²) in [5, 5.41) is 8.03. The number of primary amides is 1. The van der Waals surface area contributed by atoms with Crippen molar-refractivity contribution in [2.45, 2.75) is 19.8 Å². The first-order valence-electron chi connectivity index (χ1n) is 11.4. The topological polar surface area (TPSA) is 136 Å². The van der Waals surface area contributed by atoms with Crippen molar-refractivity contribution in [3.63, 3.8) is 0 Å². The molecule has 1 aliphatic heterocycles. The number of likely N-dealkylation sites (tertiary alicyclic amines) is 1. The molecule has 1 amide bonds. The Balaban J connectivity index is 1.54. The molecule has 5 N–H and O–H groups in total. The van der Waals surface area contributed by atoms with Crippen LogP contribution in [0.15, 0.2) is 42.6 Å². The van der Waals surface area contributed by atoms with Gasteiger partial charge in [0.15, 0.2) is 5.69 Å². The van der Waals surface area contributed by atoms with Gasteiger partial charge in [0.2, 0.25) is 5.88 Å². The Kier molecular flexibility index (Phi) is 5.85. The molecule has 1 aliphatic rings. The largest absolute Gasteiger partial charge is 0.476 e. The van der Waals surface area contributed by atoms with E-state index in [2.05, 4.69) is 25.1 Å². The Morgan fingerprint density at radius 2 is 1.97 bits per heavy atom. The first kappa shape index (κ1) is 21.8. The van der Waals surface area contributed by atoms with Gasteiger partial charge in [-0.3, -0.25) is 14.8 Å². The summed E-state index contributed by atoms with van der Waals surface area (Å²) in [4.78, 5) is 23.7. The fourth-order valence-corrected chi connectivity index (χ4v) is 4.49. The third-order valence-electron chi connectivity index (χ3n) is 6.24. The number of hydrogen-bond acceptors (Lipinski definition) is 7. The second-order valence-corrected chi connectivity index (χ2v) is 8.53.